The molecule has 1 atom stereocenters. The molecule has 1 unspecified atom stereocenters. The second kappa shape index (κ2) is 10.7. The lowest BCUT2D eigenvalue weighted by Crippen LogP contribution is -2.16. The first-order valence-electron chi connectivity index (χ1n) is 10.3. The SMILES string of the molecule is Br.Cc1ccc(C(=O)CSC(=O)CC(c2ccccc2)n2c(C)nc3ccccc32)cc1. The molecule has 3 aromatic carbocycles. The number of Topliss-reactive ketones (excluding diaryl/α,β-unsaturated/α-hetero) is 1. The van der Waals surface area contributed by atoms with Gasteiger partial charge in [0.2, 0.25) is 0 Å². The third-order valence-corrected chi connectivity index (χ3v) is 6.26. The minimum atomic E-state index is -0.178. The van der Waals surface area contributed by atoms with Crippen molar-refractivity contribution >= 4 is 50.7 Å². The predicted octanol–water partition coefficient (Wildman–Crippen LogP) is 6.35. The zero-order valence-corrected chi connectivity index (χ0v) is 20.6. The van der Waals surface area contributed by atoms with E-state index in [0.29, 0.717) is 5.56 Å². The Morgan fingerprint density at radius 1 is 0.906 bits per heavy atom. The van der Waals surface area contributed by atoms with Crippen molar-refractivity contribution in [2.24, 2.45) is 0 Å². The highest BCUT2D eigenvalue weighted by Gasteiger charge is 2.23. The maximum Gasteiger partial charge on any atom is 0.191 e. The quantitative estimate of drug-likeness (QED) is 0.272. The van der Waals surface area contributed by atoms with Gasteiger partial charge in [0.1, 0.15) is 5.82 Å². The highest BCUT2D eigenvalue weighted by molar-refractivity contribution is 8.93. The van der Waals surface area contributed by atoms with E-state index in [0.717, 1.165) is 39.7 Å². The number of para-hydroxylation sites is 2. The van der Waals surface area contributed by atoms with E-state index in [9.17, 15) is 9.59 Å². The molecule has 0 bridgehead atoms. The number of benzene rings is 3. The number of halogens is 1. The number of aryl methyl sites for hydroxylation is 2. The highest BCUT2D eigenvalue weighted by Crippen LogP contribution is 2.30. The van der Waals surface area contributed by atoms with Crippen LogP contribution in [0, 0.1) is 13.8 Å². The summed E-state index contributed by atoms with van der Waals surface area (Å²) in [7, 11) is 0. The Labute approximate surface area is 202 Å². The third-order valence-electron chi connectivity index (χ3n) is 5.37. The van der Waals surface area contributed by atoms with Gasteiger partial charge in [-0.05, 0) is 31.5 Å². The monoisotopic (exact) mass is 508 g/mol. The van der Waals surface area contributed by atoms with E-state index in [1.165, 1.54) is 0 Å². The number of hydrogen-bond donors (Lipinski definition) is 0. The van der Waals surface area contributed by atoms with Crippen molar-refractivity contribution < 1.29 is 9.59 Å². The number of thioether (sulfide) groups is 1. The van der Waals surface area contributed by atoms with Crippen LogP contribution in [-0.4, -0.2) is 26.2 Å². The third kappa shape index (κ3) is 5.37. The Balaban J connectivity index is 0.00000289. The fraction of sp³-hybridized carbons (Fsp3) is 0.192. The van der Waals surface area contributed by atoms with E-state index in [-0.39, 0.29) is 46.1 Å². The van der Waals surface area contributed by atoms with Gasteiger partial charge in [-0.3, -0.25) is 9.59 Å². The average molecular weight is 509 g/mol. The van der Waals surface area contributed by atoms with Crippen molar-refractivity contribution in [2.45, 2.75) is 26.3 Å². The summed E-state index contributed by atoms with van der Waals surface area (Å²) in [6.07, 6.45) is 0.289. The van der Waals surface area contributed by atoms with Gasteiger partial charge >= 0.3 is 0 Å². The summed E-state index contributed by atoms with van der Waals surface area (Å²) in [6.45, 7) is 3.95. The smallest absolute Gasteiger partial charge is 0.191 e. The molecule has 0 aliphatic heterocycles. The van der Waals surface area contributed by atoms with Gasteiger partial charge in [-0.2, -0.15) is 0 Å². The molecule has 0 N–H and O–H groups in total. The number of imidazole rings is 1. The van der Waals surface area contributed by atoms with Crippen molar-refractivity contribution in [3.05, 3.63) is 101 Å². The van der Waals surface area contributed by atoms with Crippen molar-refractivity contribution in [2.75, 3.05) is 5.75 Å². The van der Waals surface area contributed by atoms with Gasteiger partial charge < -0.3 is 4.57 Å². The maximum absolute atomic E-state index is 12.9. The number of nitrogens with zero attached hydrogens (tertiary/aromatic N) is 2. The second-order valence-electron chi connectivity index (χ2n) is 7.60. The lowest BCUT2D eigenvalue weighted by atomic mass is 10.0. The summed E-state index contributed by atoms with van der Waals surface area (Å²) in [5.74, 6) is 0.982. The standard InChI is InChI=1S/C26H24N2O2S.BrH/c1-18-12-14-21(15-13-18)25(29)17-31-26(30)16-24(20-8-4-3-5-9-20)28-19(2)27-22-10-6-7-11-23(22)28;/h3-15,24H,16-17H2,1-2H3;1H. The molecule has 1 aromatic heterocycles. The Kier molecular flexibility index (Phi) is 8.04. The van der Waals surface area contributed by atoms with Gasteiger partial charge in [0.15, 0.2) is 10.9 Å². The molecule has 164 valence electrons. The summed E-state index contributed by atoms with van der Waals surface area (Å²) in [6, 6.07) is 25.3. The molecule has 4 rings (SSSR count). The number of carbonyl (C=O) groups excluding carboxylic acids is 2. The number of fused-ring (bicyclic) bond motifs is 1. The van der Waals surface area contributed by atoms with Gasteiger partial charge in [-0.1, -0.05) is 84.1 Å². The van der Waals surface area contributed by atoms with Crippen LogP contribution in [0.2, 0.25) is 0 Å². The van der Waals surface area contributed by atoms with Crippen LogP contribution in [0.4, 0.5) is 0 Å². The van der Waals surface area contributed by atoms with E-state index in [1.54, 1.807) is 0 Å². The number of hydrogen-bond acceptors (Lipinski definition) is 4. The van der Waals surface area contributed by atoms with E-state index in [2.05, 4.69) is 9.55 Å². The highest BCUT2D eigenvalue weighted by atomic mass is 79.9. The minimum Gasteiger partial charge on any atom is -0.320 e. The first kappa shape index (κ1) is 24.0. The molecule has 0 amide bonds. The van der Waals surface area contributed by atoms with Crippen LogP contribution in [0.15, 0.2) is 78.9 Å². The Morgan fingerprint density at radius 3 is 2.28 bits per heavy atom. The number of aromatic nitrogens is 2. The Bertz CT molecular complexity index is 1220. The van der Waals surface area contributed by atoms with Gasteiger partial charge in [0.05, 0.1) is 22.8 Å². The molecule has 0 radical (unpaired) electrons. The van der Waals surface area contributed by atoms with Gasteiger partial charge in [0.25, 0.3) is 0 Å². The number of carbonyl (C=O) groups is 2. The van der Waals surface area contributed by atoms with Gasteiger partial charge in [-0.15, -0.1) is 17.0 Å². The molecule has 32 heavy (non-hydrogen) atoms. The van der Waals surface area contributed by atoms with Crippen LogP contribution in [-0.2, 0) is 4.79 Å². The van der Waals surface area contributed by atoms with Crippen LogP contribution in [0.25, 0.3) is 11.0 Å². The van der Waals surface area contributed by atoms with E-state index in [1.807, 2.05) is 92.7 Å². The molecular weight excluding hydrogens is 484 g/mol. The largest absolute Gasteiger partial charge is 0.320 e. The molecule has 4 aromatic rings. The van der Waals surface area contributed by atoms with Crippen LogP contribution >= 0.6 is 28.7 Å². The summed E-state index contributed by atoms with van der Waals surface area (Å²) in [4.78, 5) is 30.1. The van der Waals surface area contributed by atoms with Crippen molar-refractivity contribution in [3.8, 4) is 0 Å². The van der Waals surface area contributed by atoms with Crippen LogP contribution in [0.3, 0.4) is 0 Å². The lowest BCUT2D eigenvalue weighted by molar-refractivity contribution is -0.111. The molecule has 0 saturated heterocycles. The maximum atomic E-state index is 12.9. The summed E-state index contributed by atoms with van der Waals surface area (Å²) >= 11 is 1.09. The van der Waals surface area contributed by atoms with Gasteiger partial charge in [-0.25, -0.2) is 4.98 Å². The number of ketones is 1. The molecule has 0 fully saturated rings. The van der Waals surface area contributed by atoms with Crippen molar-refractivity contribution in [1.82, 2.24) is 9.55 Å². The normalized spacial score (nSPS) is 11.7. The van der Waals surface area contributed by atoms with Crippen molar-refractivity contribution in [3.63, 3.8) is 0 Å². The first-order chi connectivity index (χ1) is 15.0. The van der Waals surface area contributed by atoms with Crippen LogP contribution in [0.5, 0.6) is 0 Å². The summed E-state index contributed by atoms with van der Waals surface area (Å²) in [5.41, 5.74) is 4.71. The molecule has 0 aliphatic rings. The minimum absolute atomic E-state index is 0. The fourth-order valence-electron chi connectivity index (χ4n) is 3.78. The van der Waals surface area contributed by atoms with Crippen molar-refractivity contribution in [1.29, 1.82) is 0 Å². The lowest BCUT2D eigenvalue weighted by Gasteiger charge is -2.21. The van der Waals surface area contributed by atoms with Crippen LogP contribution in [0.1, 0.15) is 39.8 Å². The molecular formula is C26H25BrN2O2S. The predicted molar refractivity (Wildman–Crippen MR) is 137 cm³/mol. The molecule has 0 aliphatic carbocycles. The Hall–Kier alpha value is -2.70. The molecule has 0 spiro atoms. The average Bonchev–Trinajstić information content (AvgIpc) is 3.12. The Morgan fingerprint density at radius 2 is 1.56 bits per heavy atom. The van der Waals surface area contributed by atoms with E-state index in [4.69, 9.17) is 0 Å². The first-order valence-corrected chi connectivity index (χ1v) is 11.3. The van der Waals surface area contributed by atoms with Gasteiger partial charge in [0, 0.05) is 12.0 Å². The topological polar surface area (TPSA) is 52.0 Å². The zero-order chi connectivity index (χ0) is 21.8. The van der Waals surface area contributed by atoms with E-state index >= 15 is 0 Å². The summed E-state index contributed by atoms with van der Waals surface area (Å²) < 4.78 is 2.13. The van der Waals surface area contributed by atoms with E-state index < -0.39 is 0 Å². The molecule has 0 saturated carbocycles. The summed E-state index contributed by atoms with van der Waals surface area (Å²) in [5, 5.41) is -0.00787. The zero-order valence-electron chi connectivity index (χ0n) is 18.0. The van der Waals surface area contributed by atoms with Crippen LogP contribution < -0.4 is 0 Å². The molecule has 4 nitrogen and oxygen atoms in total. The molecule has 1 heterocycles. The number of rotatable bonds is 7. The molecule has 6 heteroatoms. The second-order valence-corrected chi connectivity index (χ2v) is 8.63. The fourth-order valence-corrected chi connectivity index (χ4v) is 4.51.